The second kappa shape index (κ2) is 7.68. The lowest BCUT2D eigenvalue weighted by Crippen LogP contribution is -2.47. The van der Waals surface area contributed by atoms with Crippen LogP contribution in [0.15, 0.2) is 12.1 Å². The van der Waals surface area contributed by atoms with E-state index in [1.54, 1.807) is 11.8 Å². The Labute approximate surface area is 141 Å². The lowest BCUT2D eigenvalue weighted by molar-refractivity contribution is -0.130. The van der Waals surface area contributed by atoms with Crippen molar-refractivity contribution in [3.63, 3.8) is 0 Å². The van der Waals surface area contributed by atoms with Crippen LogP contribution in [0, 0.1) is 13.8 Å². The molecule has 126 valence electrons. The molecule has 1 heterocycles. The summed E-state index contributed by atoms with van der Waals surface area (Å²) < 4.78 is 5.55. The van der Waals surface area contributed by atoms with Gasteiger partial charge in [0, 0.05) is 31.1 Å². The van der Waals surface area contributed by atoms with Gasteiger partial charge in [0.1, 0.15) is 5.75 Å². The molecule has 1 N–H and O–H groups in total. The predicted molar refractivity (Wildman–Crippen MR) is 89.8 cm³/mol. The SMILES string of the molecule is CC(=O)N1CCC(NC(=O)COc2cc(C)c(Cl)c(C)c2)CC1. The molecule has 0 saturated carbocycles. The van der Waals surface area contributed by atoms with Crippen molar-refractivity contribution in [2.24, 2.45) is 0 Å². The first-order chi connectivity index (χ1) is 10.9. The Balaban J connectivity index is 1.79. The number of hydrogen-bond donors (Lipinski definition) is 1. The minimum Gasteiger partial charge on any atom is -0.484 e. The Morgan fingerprint density at radius 2 is 1.83 bits per heavy atom. The number of aryl methyl sites for hydroxylation is 2. The van der Waals surface area contributed by atoms with E-state index < -0.39 is 0 Å². The van der Waals surface area contributed by atoms with Gasteiger partial charge in [-0.25, -0.2) is 0 Å². The van der Waals surface area contributed by atoms with E-state index in [0.29, 0.717) is 18.8 Å². The van der Waals surface area contributed by atoms with Crippen LogP contribution in [0.3, 0.4) is 0 Å². The molecule has 1 aromatic carbocycles. The maximum Gasteiger partial charge on any atom is 0.258 e. The van der Waals surface area contributed by atoms with Gasteiger partial charge in [-0.3, -0.25) is 9.59 Å². The molecule has 6 heteroatoms. The van der Waals surface area contributed by atoms with Gasteiger partial charge in [-0.15, -0.1) is 0 Å². The maximum atomic E-state index is 12.0. The summed E-state index contributed by atoms with van der Waals surface area (Å²) in [5.74, 6) is 0.592. The number of likely N-dealkylation sites (tertiary alicyclic amines) is 1. The topological polar surface area (TPSA) is 58.6 Å². The highest BCUT2D eigenvalue weighted by Crippen LogP contribution is 2.25. The number of hydrogen-bond acceptors (Lipinski definition) is 3. The van der Waals surface area contributed by atoms with E-state index in [0.717, 1.165) is 29.0 Å². The summed E-state index contributed by atoms with van der Waals surface area (Å²) in [6.45, 7) is 6.75. The molecule has 0 radical (unpaired) electrons. The molecule has 0 spiro atoms. The van der Waals surface area contributed by atoms with E-state index in [1.165, 1.54) is 0 Å². The fraction of sp³-hybridized carbons (Fsp3) is 0.529. The van der Waals surface area contributed by atoms with Crippen molar-refractivity contribution in [1.82, 2.24) is 10.2 Å². The fourth-order valence-corrected chi connectivity index (χ4v) is 2.86. The highest BCUT2D eigenvalue weighted by molar-refractivity contribution is 6.32. The van der Waals surface area contributed by atoms with Crippen molar-refractivity contribution in [2.75, 3.05) is 19.7 Å². The van der Waals surface area contributed by atoms with Gasteiger partial charge in [-0.2, -0.15) is 0 Å². The van der Waals surface area contributed by atoms with Crippen LogP contribution in [0.5, 0.6) is 5.75 Å². The Kier molecular flexibility index (Phi) is 5.88. The van der Waals surface area contributed by atoms with Gasteiger partial charge >= 0.3 is 0 Å². The van der Waals surface area contributed by atoms with Crippen molar-refractivity contribution in [3.05, 3.63) is 28.3 Å². The average Bonchev–Trinajstić information content (AvgIpc) is 2.51. The molecular weight excluding hydrogens is 316 g/mol. The summed E-state index contributed by atoms with van der Waals surface area (Å²) in [6, 6.07) is 3.76. The van der Waals surface area contributed by atoms with Crippen LogP contribution in [0.2, 0.25) is 5.02 Å². The molecule has 1 aromatic rings. The first-order valence-corrected chi connectivity index (χ1v) is 8.19. The van der Waals surface area contributed by atoms with Crippen LogP contribution in [0.1, 0.15) is 30.9 Å². The lowest BCUT2D eigenvalue weighted by Gasteiger charge is -2.31. The molecule has 1 fully saturated rings. The molecular formula is C17H23ClN2O3. The molecule has 2 rings (SSSR count). The number of piperidine rings is 1. The second-order valence-corrected chi connectivity index (χ2v) is 6.39. The largest absolute Gasteiger partial charge is 0.484 e. The summed E-state index contributed by atoms with van der Waals surface area (Å²) in [5, 5.41) is 3.68. The molecule has 1 aliphatic heterocycles. The van der Waals surface area contributed by atoms with E-state index in [9.17, 15) is 9.59 Å². The Bertz CT molecular complexity index is 572. The average molecular weight is 339 g/mol. The van der Waals surface area contributed by atoms with Gasteiger partial charge in [0.05, 0.1) is 0 Å². The van der Waals surface area contributed by atoms with E-state index in [4.69, 9.17) is 16.3 Å². The number of ether oxygens (including phenoxy) is 1. The zero-order valence-corrected chi connectivity index (χ0v) is 14.6. The van der Waals surface area contributed by atoms with Gasteiger partial charge in [0.2, 0.25) is 5.91 Å². The summed E-state index contributed by atoms with van der Waals surface area (Å²) in [5.41, 5.74) is 1.86. The fourth-order valence-electron chi connectivity index (χ4n) is 2.75. The smallest absolute Gasteiger partial charge is 0.258 e. The van der Waals surface area contributed by atoms with Gasteiger partial charge in [0.15, 0.2) is 6.61 Å². The third-order valence-corrected chi connectivity index (χ3v) is 4.68. The Morgan fingerprint density at radius 1 is 1.26 bits per heavy atom. The number of amides is 2. The summed E-state index contributed by atoms with van der Waals surface area (Å²) in [4.78, 5) is 25.1. The van der Waals surface area contributed by atoms with E-state index >= 15 is 0 Å². The molecule has 5 nitrogen and oxygen atoms in total. The van der Waals surface area contributed by atoms with E-state index in [1.807, 2.05) is 26.0 Å². The summed E-state index contributed by atoms with van der Waals surface area (Å²) >= 11 is 6.11. The summed E-state index contributed by atoms with van der Waals surface area (Å²) in [6.07, 6.45) is 1.56. The molecule has 0 bridgehead atoms. The standard InChI is InChI=1S/C17H23ClN2O3/c1-11-8-15(9-12(2)17(11)18)23-10-16(22)19-14-4-6-20(7-5-14)13(3)21/h8-9,14H,4-7,10H2,1-3H3,(H,19,22). The van der Waals surface area contributed by atoms with E-state index in [2.05, 4.69) is 5.32 Å². The van der Waals surface area contributed by atoms with Crippen LogP contribution in [0.25, 0.3) is 0 Å². The number of halogens is 1. The molecule has 1 saturated heterocycles. The quantitative estimate of drug-likeness (QED) is 0.917. The molecule has 2 amide bonds. The number of nitrogens with zero attached hydrogens (tertiary/aromatic N) is 1. The van der Waals surface area contributed by atoms with Crippen molar-refractivity contribution in [2.45, 2.75) is 39.7 Å². The van der Waals surface area contributed by atoms with E-state index in [-0.39, 0.29) is 24.5 Å². The number of benzene rings is 1. The van der Waals surface area contributed by atoms with Crippen molar-refractivity contribution >= 4 is 23.4 Å². The predicted octanol–water partition coefficient (Wildman–Crippen LogP) is 2.46. The molecule has 23 heavy (non-hydrogen) atoms. The van der Waals surface area contributed by atoms with Crippen molar-refractivity contribution in [3.8, 4) is 5.75 Å². The first-order valence-electron chi connectivity index (χ1n) is 7.81. The van der Waals surface area contributed by atoms with Gasteiger partial charge in [-0.1, -0.05) is 11.6 Å². The molecule has 0 aromatic heterocycles. The highest BCUT2D eigenvalue weighted by atomic mass is 35.5. The third-order valence-electron chi connectivity index (χ3n) is 4.09. The first kappa shape index (κ1) is 17.6. The van der Waals surface area contributed by atoms with Gasteiger partial charge < -0.3 is 15.0 Å². The second-order valence-electron chi connectivity index (χ2n) is 6.01. The highest BCUT2D eigenvalue weighted by Gasteiger charge is 2.22. The zero-order chi connectivity index (χ0) is 17.0. The molecule has 1 aliphatic rings. The number of rotatable bonds is 4. The number of carbonyl (C=O) groups excluding carboxylic acids is 2. The Morgan fingerprint density at radius 3 is 2.35 bits per heavy atom. The van der Waals surface area contributed by atoms with Gasteiger partial charge in [-0.05, 0) is 49.9 Å². The number of carbonyl (C=O) groups is 2. The third kappa shape index (κ3) is 4.86. The maximum absolute atomic E-state index is 12.0. The van der Waals surface area contributed by atoms with Crippen LogP contribution in [0.4, 0.5) is 0 Å². The molecule has 0 atom stereocenters. The van der Waals surface area contributed by atoms with Crippen LogP contribution in [-0.2, 0) is 9.59 Å². The normalized spacial score (nSPS) is 15.4. The van der Waals surface area contributed by atoms with Gasteiger partial charge in [0.25, 0.3) is 5.91 Å². The molecule has 0 aliphatic carbocycles. The molecule has 0 unspecified atom stereocenters. The minimum absolute atomic E-state index is 0.0204. The lowest BCUT2D eigenvalue weighted by atomic mass is 10.1. The van der Waals surface area contributed by atoms with Crippen molar-refractivity contribution in [1.29, 1.82) is 0 Å². The zero-order valence-electron chi connectivity index (χ0n) is 13.8. The van der Waals surface area contributed by atoms with Crippen molar-refractivity contribution < 1.29 is 14.3 Å². The number of nitrogens with one attached hydrogen (secondary N) is 1. The van der Waals surface area contributed by atoms with Crippen LogP contribution >= 0.6 is 11.6 Å². The summed E-state index contributed by atoms with van der Waals surface area (Å²) in [7, 11) is 0. The monoisotopic (exact) mass is 338 g/mol. The van der Waals surface area contributed by atoms with Crippen LogP contribution in [-0.4, -0.2) is 42.5 Å². The minimum atomic E-state index is -0.142. The Hall–Kier alpha value is -1.75. The van der Waals surface area contributed by atoms with Crippen LogP contribution < -0.4 is 10.1 Å².